The van der Waals surface area contributed by atoms with E-state index in [9.17, 15) is 0 Å². The zero-order valence-corrected chi connectivity index (χ0v) is 14.3. The van der Waals surface area contributed by atoms with Crippen molar-refractivity contribution in [1.82, 2.24) is 15.0 Å². The Hall–Kier alpha value is -2.55. The minimum absolute atomic E-state index is 0.0888. The molecule has 1 fully saturated rings. The summed E-state index contributed by atoms with van der Waals surface area (Å²) in [6.07, 6.45) is 9.00. The van der Waals surface area contributed by atoms with Gasteiger partial charge >= 0.3 is 0 Å². The van der Waals surface area contributed by atoms with E-state index in [0.717, 1.165) is 30.1 Å². The topological polar surface area (TPSA) is 38.7 Å². The molecule has 0 unspecified atom stereocenters. The molecule has 0 atom stereocenters. The Balaban J connectivity index is 1.54. The van der Waals surface area contributed by atoms with Gasteiger partial charge in [-0.1, -0.05) is 36.4 Å². The number of hydrogen-bond acceptors (Lipinski definition) is 3. The Labute approximate surface area is 148 Å². The number of hydrogen-bond donors (Lipinski definition) is 0. The van der Waals surface area contributed by atoms with Crippen LogP contribution < -0.4 is 0 Å². The third kappa shape index (κ3) is 2.55. The molecule has 2 aliphatic carbocycles. The number of pyridine rings is 1. The van der Waals surface area contributed by atoms with Gasteiger partial charge in [-0.25, -0.2) is 15.0 Å². The van der Waals surface area contributed by atoms with Gasteiger partial charge in [0, 0.05) is 17.3 Å². The van der Waals surface area contributed by atoms with Crippen LogP contribution in [0.2, 0.25) is 0 Å². The molecule has 0 saturated heterocycles. The minimum Gasteiger partial charge on any atom is -0.249 e. The number of fused-ring (bicyclic) bond motifs is 1. The lowest BCUT2D eigenvalue weighted by atomic mass is 9.92. The second-order valence-electron chi connectivity index (χ2n) is 7.23. The van der Waals surface area contributed by atoms with Gasteiger partial charge in [-0.15, -0.1) is 0 Å². The molecule has 1 saturated carbocycles. The van der Waals surface area contributed by atoms with E-state index in [0.29, 0.717) is 0 Å². The van der Waals surface area contributed by atoms with Crippen LogP contribution in [0.3, 0.4) is 0 Å². The van der Waals surface area contributed by atoms with Crippen LogP contribution >= 0.6 is 0 Å². The SMILES string of the molecule is c1ccc(C2(c3cccc(-c4ncc5c(n4)CCCC5)n3)CC2)cc1. The summed E-state index contributed by atoms with van der Waals surface area (Å²) in [5, 5.41) is 0. The van der Waals surface area contributed by atoms with Crippen molar-refractivity contribution in [2.75, 3.05) is 0 Å². The van der Waals surface area contributed by atoms with E-state index < -0.39 is 0 Å². The molecule has 0 amide bonds. The van der Waals surface area contributed by atoms with Crippen molar-refractivity contribution < 1.29 is 0 Å². The standard InChI is InChI=1S/C22H21N3/c1-2-8-17(9-3-1)22(13-14-22)20-12-6-11-19(24-20)21-23-15-16-7-4-5-10-18(16)25-21/h1-3,6,8-9,11-12,15H,4-5,7,10,13-14H2. The van der Waals surface area contributed by atoms with Crippen LogP contribution in [0.1, 0.15) is 48.2 Å². The van der Waals surface area contributed by atoms with Gasteiger partial charge in [0.25, 0.3) is 0 Å². The van der Waals surface area contributed by atoms with Gasteiger partial charge in [0.15, 0.2) is 5.82 Å². The highest BCUT2D eigenvalue weighted by Gasteiger charge is 2.47. The van der Waals surface area contributed by atoms with Gasteiger partial charge in [0.1, 0.15) is 5.69 Å². The van der Waals surface area contributed by atoms with Crippen LogP contribution in [-0.4, -0.2) is 15.0 Å². The van der Waals surface area contributed by atoms with Crippen molar-refractivity contribution in [3.05, 3.63) is 77.2 Å². The first-order valence-corrected chi connectivity index (χ1v) is 9.23. The number of nitrogens with zero attached hydrogens (tertiary/aromatic N) is 3. The third-order valence-corrected chi connectivity index (χ3v) is 5.61. The lowest BCUT2D eigenvalue weighted by Gasteiger charge is -2.17. The molecule has 0 bridgehead atoms. The number of benzene rings is 1. The lowest BCUT2D eigenvalue weighted by Crippen LogP contribution is -2.12. The largest absolute Gasteiger partial charge is 0.249 e. The molecular weight excluding hydrogens is 306 g/mol. The third-order valence-electron chi connectivity index (χ3n) is 5.61. The average Bonchev–Trinajstić information content (AvgIpc) is 3.51. The summed E-state index contributed by atoms with van der Waals surface area (Å²) in [5.74, 6) is 0.770. The Kier molecular flexibility index (Phi) is 3.40. The predicted molar refractivity (Wildman–Crippen MR) is 98.4 cm³/mol. The smallest absolute Gasteiger partial charge is 0.178 e. The van der Waals surface area contributed by atoms with Crippen LogP contribution in [0.25, 0.3) is 11.5 Å². The van der Waals surface area contributed by atoms with Crippen molar-refractivity contribution in [2.45, 2.75) is 43.9 Å². The zero-order valence-electron chi connectivity index (χ0n) is 14.3. The van der Waals surface area contributed by atoms with Crippen molar-refractivity contribution in [2.24, 2.45) is 0 Å². The fourth-order valence-electron chi connectivity index (χ4n) is 4.00. The van der Waals surface area contributed by atoms with Crippen LogP contribution in [0, 0.1) is 0 Å². The van der Waals surface area contributed by atoms with Gasteiger partial charge < -0.3 is 0 Å². The summed E-state index contributed by atoms with van der Waals surface area (Å²) in [6.45, 7) is 0. The van der Waals surface area contributed by atoms with Crippen LogP contribution in [0.4, 0.5) is 0 Å². The molecule has 0 aliphatic heterocycles. The minimum atomic E-state index is 0.0888. The molecule has 1 aromatic carbocycles. The molecule has 3 heteroatoms. The molecule has 2 heterocycles. The van der Waals surface area contributed by atoms with Crippen molar-refractivity contribution in [3.63, 3.8) is 0 Å². The fourth-order valence-corrected chi connectivity index (χ4v) is 4.00. The number of aryl methyl sites for hydroxylation is 2. The zero-order chi connectivity index (χ0) is 16.7. The quantitative estimate of drug-likeness (QED) is 0.711. The average molecular weight is 327 g/mol. The maximum Gasteiger partial charge on any atom is 0.178 e. The van der Waals surface area contributed by atoms with E-state index in [1.807, 2.05) is 12.3 Å². The summed E-state index contributed by atoms with van der Waals surface area (Å²) in [4.78, 5) is 14.4. The van der Waals surface area contributed by atoms with E-state index in [2.05, 4.69) is 47.4 Å². The highest BCUT2D eigenvalue weighted by Crippen LogP contribution is 2.52. The van der Waals surface area contributed by atoms with Crippen molar-refractivity contribution in [1.29, 1.82) is 0 Å². The molecule has 2 aromatic heterocycles. The van der Waals surface area contributed by atoms with E-state index >= 15 is 0 Å². The number of rotatable bonds is 3. The fraction of sp³-hybridized carbons (Fsp3) is 0.318. The molecule has 3 aromatic rings. The van der Waals surface area contributed by atoms with Gasteiger partial charge in [0.2, 0.25) is 0 Å². The molecule has 0 N–H and O–H groups in total. The first-order valence-electron chi connectivity index (χ1n) is 9.23. The van der Waals surface area contributed by atoms with E-state index in [1.165, 1.54) is 42.5 Å². The van der Waals surface area contributed by atoms with Gasteiger partial charge in [-0.2, -0.15) is 0 Å². The highest BCUT2D eigenvalue weighted by molar-refractivity contribution is 5.52. The van der Waals surface area contributed by atoms with E-state index in [-0.39, 0.29) is 5.41 Å². The molecule has 5 rings (SSSR count). The monoisotopic (exact) mass is 327 g/mol. The lowest BCUT2D eigenvalue weighted by molar-refractivity contribution is 0.663. The summed E-state index contributed by atoms with van der Waals surface area (Å²) in [6, 6.07) is 17.0. The Morgan fingerprint density at radius 2 is 1.64 bits per heavy atom. The molecule has 2 aliphatic rings. The first-order chi connectivity index (χ1) is 12.4. The van der Waals surface area contributed by atoms with E-state index in [4.69, 9.17) is 9.97 Å². The summed E-state index contributed by atoms with van der Waals surface area (Å²) in [5.41, 5.74) is 6.03. The summed E-state index contributed by atoms with van der Waals surface area (Å²) < 4.78 is 0. The predicted octanol–water partition coefficient (Wildman–Crippen LogP) is 4.50. The summed E-state index contributed by atoms with van der Waals surface area (Å²) in [7, 11) is 0. The molecular formula is C22H21N3. The molecule has 0 spiro atoms. The maximum atomic E-state index is 4.98. The molecule has 124 valence electrons. The maximum absolute atomic E-state index is 4.98. The Bertz CT molecular complexity index is 914. The van der Waals surface area contributed by atoms with Gasteiger partial charge in [0.05, 0.1) is 5.69 Å². The van der Waals surface area contributed by atoms with Crippen LogP contribution in [-0.2, 0) is 18.3 Å². The second kappa shape index (κ2) is 5.76. The second-order valence-corrected chi connectivity index (χ2v) is 7.23. The molecule has 25 heavy (non-hydrogen) atoms. The molecule has 0 radical (unpaired) electrons. The van der Waals surface area contributed by atoms with Crippen LogP contribution in [0.15, 0.2) is 54.7 Å². The van der Waals surface area contributed by atoms with Crippen LogP contribution in [0.5, 0.6) is 0 Å². The Morgan fingerprint density at radius 1 is 0.800 bits per heavy atom. The summed E-state index contributed by atoms with van der Waals surface area (Å²) >= 11 is 0. The van der Waals surface area contributed by atoms with Crippen molar-refractivity contribution in [3.8, 4) is 11.5 Å². The molecule has 3 nitrogen and oxygen atoms in total. The van der Waals surface area contributed by atoms with Gasteiger partial charge in [-0.05, 0) is 61.8 Å². The Morgan fingerprint density at radius 3 is 2.48 bits per heavy atom. The van der Waals surface area contributed by atoms with Crippen molar-refractivity contribution >= 4 is 0 Å². The number of aromatic nitrogens is 3. The highest BCUT2D eigenvalue weighted by atomic mass is 14.9. The van der Waals surface area contributed by atoms with Gasteiger partial charge in [-0.3, -0.25) is 0 Å². The first kappa shape index (κ1) is 14.8. The van der Waals surface area contributed by atoms with E-state index in [1.54, 1.807) is 0 Å². The normalized spacial score (nSPS) is 17.8.